The molecular formula is C16H19N3O2. The molecule has 0 amide bonds. The maximum absolute atomic E-state index is 11.3. The molecule has 21 heavy (non-hydrogen) atoms. The SMILES string of the molecule is CC1CN(c2nc(C(=O)O)cc3ccccc23)CCN1C. The summed E-state index contributed by atoms with van der Waals surface area (Å²) in [5, 5.41) is 11.2. The third-order valence-corrected chi connectivity index (χ3v) is 4.20. The average molecular weight is 285 g/mol. The molecule has 1 N–H and O–H groups in total. The number of carboxylic acids is 1. The van der Waals surface area contributed by atoms with Crippen LogP contribution in [-0.4, -0.2) is 53.7 Å². The number of carboxylic acid groups (broad SMARTS) is 1. The quantitative estimate of drug-likeness (QED) is 0.915. The lowest BCUT2D eigenvalue weighted by atomic mass is 10.1. The average Bonchev–Trinajstić information content (AvgIpc) is 2.49. The number of likely N-dealkylation sites (N-methyl/N-ethyl adjacent to an activating group) is 1. The summed E-state index contributed by atoms with van der Waals surface area (Å²) in [6.07, 6.45) is 0. The Balaban J connectivity index is 2.10. The first kappa shape index (κ1) is 13.8. The largest absolute Gasteiger partial charge is 0.477 e. The lowest BCUT2D eigenvalue weighted by molar-refractivity contribution is 0.0691. The van der Waals surface area contributed by atoms with Gasteiger partial charge in [0.15, 0.2) is 5.69 Å². The summed E-state index contributed by atoms with van der Waals surface area (Å²) in [5.41, 5.74) is 0.107. The van der Waals surface area contributed by atoms with Crippen LogP contribution >= 0.6 is 0 Å². The van der Waals surface area contributed by atoms with Gasteiger partial charge in [0, 0.05) is 31.1 Å². The number of aromatic carboxylic acids is 1. The van der Waals surface area contributed by atoms with Crippen molar-refractivity contribution in [3.05, 3.63) is 36.0 Å². The van der Waals surface area contributed by atoms with Gasteiger partial charge in [-0.3, -0.25) is 0 Å². The van der Waals surface area contributed by atoms with E-state index in [1.165, 1.54) is 0 Å². The Hall–Kier alpha value is -2.14. The second-order valence-electron chi connectivity index (χ2n) is 5.63. The van der Waals surface area contributed by atoms with E-state index < -0.39 is 5.97 Å². The van der Waals surface area contributed by atoms with E-state index in [0.29, 0.717) is 6.04 Å². The summed E-state index contributed by atoms with van der Waals surface area (Å²) in [6.45, 7) is 4.85. The highest BCUT2D eigenvalue weighted by atomic mass is 16.4. The molecule has 1 aromatic heterocycles. The molecule has 1 atom stereocenters. The predicted molar refractivity (Wildman–Crippen MR) is 83.0 cm³/mol. The molecule has 1 aromatic carbocycles. The van der Waals surface area contributed by atoms with Crippen LogP contribution in [0.1, 0.15) is 17.4 Å². The molecule has 110 valence electrons. The van der Waals surface area contributed by atoms with Crippen LogP contribution in [0.5, 0.6) is 0 Å². The minimum absolute atomic E-state index is 0.107. The lowest BCUT2D eigenvalue weighted by Crippen LogP contribution is -2.50. The Morgan fingerprint density at radius 2 is 2.10 bits per heavy atom. The minimum Gasteiger partial charge on any atom is -0.477 e. The van der Waals surface area contributed by atoms with E-state index in [2.05, 4.69) is 28.8 Å². The third kappa shape index (κ3) is 2.56. The maximum atomic E-state index is 11.3. The molecule has 1 aliphatic heterocycles. The zero-order valence-electron chi connectivity index (χ0n) is 12.3. The molecule has 0 aliphatic carbocycles. The molecule has 1 aliphatic rings. The number of pyridine rings is 1. The summed E-state index contributed by atoms with van der Waals surface area (Å²) in [6, 6.07) is 9.89. The number of aromatic nitrogens is 1. The van der Waals surface area contributed by atoms with Crippen molar-refractivity contribution in [2.24, 2.45) is 0 Å². The molecule has 1 fully saturated rings. The van der Waals surface area contributed by atoms with Crippen LogP contribution in [0.4, 0.5) is 5.82 Å². The highest BCUT2D eigenvalue weighted by Gasteiger charge is 2.24. The van der Waals surface area contributed by atoms with Crippen molar-refractivity contribution in [3.63, 3.8) is 0 Å². The van der Waals surface area contributed by atoms with E-state index in [0.717, 1.165) is 36.2 Å². The van der Waals surface area contributed by atoms with Crippen molar-refractivity contribution in [1.29, 1.82) is 0 Å². The number of fused-ring (bicyclic) bond motifs is 1. The Labute approximate surface area is 123 Å². The zero-order chi connectivity index (χ0) is 15.0. The Morgan fingerprint density at radius 3 is 2.81 bits per heavy atom. The number of nitrogens with zero attached hydrogens (tertiary/aromatic N) is 3. The summed E-state index contributed by atoms with van der Waals surface area (Å²) in [4.78, 5) is 20.2. The minimum atomic E-state index is -0.982. The first-order valence-corrected chi connectivity index (χ1v) is 7.14. The van der Waals surface area contributed by atoms with Gasteiger partial charge in [0.1, 0.15) is 5.82 Å². The van der Waals surface area contributed by atoms with Gasteiger partial charge in [-0.25, -0.2) is 9.78 Å². The first-order chi connectivity index (χ1) is 10.1. The zero-order valence-corrected chi connectivity index (χ0v) is 12.3. The standard InChI is InChI=1S/C16H19N3O2/c1-11-10-19(8-7-18(11)2)15-13-6-4-3-5-12(13)9-14(17-15)16(20)21/h3-6,9,11H,7-8,10H2,1-2H3,(H,20,21). The van der Waals surface area contributed by atoms with Gasteiger partial charge in [-0.2, -0.15) is 0 Å². The van der Waals surface area contributed by atoms with Crippen molar-refractivity contribution in [2.45, 2.75) is 13.0 Å². The Bertz CT molecular complexity index is 686. The molecule has 0 bridgehead atoms. The van der Waals surface area contributed by atoms with Gasteiger partial charge in [0.05, 0.1) is 0 Å². The lowest BCUT2D eigenvalue weighted by Gasteiger charge is -2.38. The van der Waals surface area contributed by atoms with Crippen LogP contribution in [0.3, 0.4) is 0 Å². The van der Waals surface area contributed by atoms with Crippen molar-refractivity contribution in [1.82, 2.24) is 9.88 Å². The fourth-order valence-electron chi connectivity index (χ4n) is 2.77. The summed E-state index contributed by atoms with van der Waals surface area (Å²) >= 11 is 0. The molecule has 2 aromatic rings. The molecule has 0 radical (unpaired) electrons. The number of benzene rings is 1. The fourth-order valence-corrected chi connectivity index (χ4v) is 2.77. The van der Waals surface area contributed by atoms with Gasteiger partial charge >= 0.3 is 5.97 Å². The van der Waals surface area contributed by atoms with Gasteiger partial charge in [0.2, 0.25) is 0 Å². The van der Waals surface area contributed by atoms with E-state index in [9.17, 15) is 9.90 Å². The van der Waals surface area contributed by atoms with Gasteiger partial charge < -0.3 is 14.9 Å². The van der Waals surface area contributed by atoms with Crippen LogP contribution in [0.15, 0.2) is 30.3 Å². The topological polar surface area (TPSA) is 56.7 Å². The molecule has 0 saturated carbocycles. The van der Waals surface area contributed by atoms with Crippen molar-refractivity contribution in [3.8, 4) is 0 Å². The highest BCUT2D eigenvalue weighted by molar-refractivity contribution is 5.98. The molecular weight excluding hydrogens is 266 g/mol. The molecule has 5 nitrogen and oxygen atoms in total. The van der Waals surface area contributed by atoms with E-state index in [4.69, 9.17) is 0 Å². The predicted octanol–water partition coefficient (Wildman–Crippen LogP) is 2.07. The molecule has 2 heterocycles. The summed E-state index contributed by atoms with van der Waals surface area (Å²) < 4.78 is 0. The number of piperazine rings is 1. The van der Waals surface area contributed by atoms with E-state index in [-0.39, 0.29) is 5.69 Å². The molecule has 5 heteroatoms. The van der Waals surface area contributed by atoms with E-state index in [1.807, 2.05) is 24.3 Å². The van der Waals surface area contributed by atoms with Gasteiger partial charge in [-0.15, -0.1) is 0 Å². The Morgan fingerprint density at radius 1 is 1.33 bits per heavy atom. The second-order valence-corrected chi connectivity index (χ2v) is 5.63. The van der Waals surface area contributed by atoms with Crippen LogP contribution in [0.2, 0.25) is 0 Å². The number of hydrogen-bond acceptors (Lipinski definition) is 4. The van der Waals surface area contributed by atoms with Crippen LogP contribution in [-0.2, 0) is 0 Å². The first-order valence-electron chi connectivity index (χ1n) is 7.14. The van der Waals surface area contributed by atoms with Crippen LogP contribution < -0.4 is 4.90 Å². The molecule has 3 rings (SSSR count). The smallest absolute Gasteiger partial charge is 0.354 e. The van der Waals surface area contributed by atoms with E-state index >= 15 is 0 Å². The summed E-state index contributed by atoms with van der Waals surface area (Å²) in [5.74, 6) is -0.199. The fraction of sp³-hybridized carbons (Fsp3) is 0.375. The molecule has 1 saturated heterocycles. The van der Waals surface area contributed by atoms with E-state index in [1.54, 1.807) is 6.07 Å². The summed E-state index contributed by atoms with van der Waals surface area (Å²) in [7, 11) is 2.11. The third-order valence-electron chi connectivity index (χ3n) is 4.20. The second kappa shape index (κ2) is 5.33. The van der Waals surface area contributed by atoms with Crippen LogP contribution in [0, 0.1) is 0 Å². The number of rotatable bonds is 2. The normalized spacial score (nSPS) is 19.9. The van der Waals surface area contributed by atoms with Crippen molar-refractivity contribution >= 4 is 22.6 Å². The Kier molecular flexibility index (Phi) is 3.51. The molecule has 0 spiro atoms. The number of anilines is 1. The van der Waals surface area contributed by atoms with Gasteiger partial charge in [-0.1, -0.05) is 24.3 Å². The highest BCUT2D eigenvalue weighted by Crippen LogP contribution is 2.27. The van der Waals surface area contributed by atoms with Crippen molar-refractivity contribution < 1.29 is 9.90 Å². The number of hydrogen-bond donors (Lipinski definition) is 1. The number of carbonyl (C=O) groups is 1. The van der Waals surface area contributed by atoms with Crippen molar-refractivity contribution in [2.75, 3.05) is 31.6 Å². The maximum Gasteiger partial charge on any atom is 0.354 e. The molecule has 1 unspecified atom stereocenters. The monoisotopic (exact) mass is 285 g/mol. The van der Waals surface area contributed by atoms with Gasteiger partial charge in [0.25, 0.3) is 0 Å². The van der Waals surface area contributed by atoms with Crippen LogP contribution in [0.25, 0.3) is 10.8 Å². The van der Waals surface area contributed by atoms with Gasteiger partial charge in [-0.05, 0) is 25.4 Å².